The molecule has 4 nitrogen and oxygen atoms in total. The first kappa shape index (κ1) is 12.2. The summed E-state index contributed by atoms with van der Waals surface area (Å²) in [6.45, 7) is 3.68. The van der Waals surface area contributed by atoms with Crippen LogP contribution in [-0.4, -0.2) is 18.2 Å². The topological polar surface area (TPSA) is 58.9 Å². The van der Waals surface area contributed by atoms with E-state index in [1.807, 2.05) is 6.92 Å². The van der Waals surface area contributed by atoms with E-state index < -0.39 is 0 Å². The van der Waals surface area contributed by atoms with Crippen molar-refractivity contribution in [3.05, 3.63) is 23.9 Å². The van der Waals surface area contributed by atoms with Gasteiger partial charge >= 0.3 is 0 Å². The quantitative estimate of drug-likeness (QED) is 0.379. The Morgan fingerprint density at radius 3 is 2.57 bits per heavy atom. The number of hydrogen-bond donors (Lipinski definition) is 0. The summed E-state index contributed by atoms with van der Waals surface area (Å²) in [5.41, 5.74) is 0.452. The molecule has 0 saturated heterocycles. The Morgan fingerprint density at radius 2 is 2.14 bits per heavy atom. The van der Waals surface area contributed by atoms with E-state index in [1.165, 1.54) is 12.2 Å². The summed E-state index contributed by atoms with van der Waals surface area (Å²) < 4.78 is 0. The van der Waals surface area contributed by atoms with Gasteiger partial charge in [0.1, 0.15) is 0 Å². The fraction of sp³-hybridized carbons (Fsp3) is 0.400. The minimum atomic E-state index is -0.282. The number of allylic oxidation sites excluding steroid dienone is 2. The van der Waals surface area contributed by atoms with E-state index in [-0.39, 0.29) is 6.04 Å². The standard InChI is InChI=1S/C10H12N2O2/c1-3-5-10(12-8-14)6-9(4-2)11-7-13/h3,5-6,9H,4H2,1-2H3/b5-3-,10-6+/t9-/m1/s1. The average molecular weight is 192 g/mol. The molecule has 0 amide bonds. The van der Waals surface area contributed by atoms with Gasteiger partial charge in [-0.15, -0.1) is 0 Å². The predicted octanol–water partition coefficient (Wildman–Crippen LogP) is 1.90. The molecule has 0 radical (unpaired) electrons. The second-order valence-corrected chi connectivity index (χ2v) is 2.49. The maximum absolute atomic E-state index is 10.0. The van der Waals surface area contributed by atoms with Gasteiger partial charge in [0, 0.05) is 0 Å². The summed E-state index contributed by atoms with van der Waals surface area (Å²) in [5.74, 6) is 0. The van der Waals surface area contributed by atoms with E-state index >= 15 is 0 Å². The van der Waals surface area contributed by atoms with Gasteiger partial charge in [0.25, 0.3) is 0 Å². The summed E-state index contributed by atoms with van der Waals surface area (Å²) in [5, 5.41) is 0. The Morgan fingerprint density at radius 1 is 1.43 bits per heavy atom. The van der Waals surface area contributed by atoms with Gasteiger partial charge in [0.15, 0.2) is 0 Å². The molecule has 0 aromatic heterocycles. The van der Waals surface area contributed by atoms with E-state index in [9.17, 15) is 9.59 Å². The fourth-order valence-corrected chi connectivity index (χ4v) is 0.865. The third kappa shape index (κ3) is 4.99. The average Bonchev–Trinajstić information content (AvgIpc) is 2.18. The van der Waals surface area contributed by atoms with Crippen LogP contribution in [0.25, 0.3) is 0 Å². The first-order valence-electron chi connectivity index (χ1n) is 4.27. The van der Waals surface area contributed by atoms with Gasteiger partial charge < -0.3 is 0 Å². The van der Waals surface area contributed by atoms with E-state index in [4.69, 9.17) is 0 Å². The molecule has 0 aliphatic heterocycles. The molecule has 74 valence electrons. The molecule has 0 heterocycles. The molecule has 0 saturated carbocycles. The van der Waals surface area contributed by atoms with Gasteiger partial charge in [-0.2, -0.15) is 9.98 Å². The molecular weight excluding hydrogens is 180 g/mol. The van der Waals surface area contributed by atoms with Gasteiger partial charge in [-0.1, -0.05) is 13.0 Å². The minimum Gasteiger partial charge on any atom is -0.211 e. The van der Waals surface area contributed by atoms with E-state index in [0.29, 0.717) is 12.1 Å². The van der Waals surface area contributed by atoms with Crippen molar-refractivity contribution in [3.8, 4) is 0 Å². The molecule has 0 aromatic rings. The normalized spacial score (nSPS) is 13.1. The number of nitrogens with zero attached hydrogens (tertiary/aromatic N) is 2. The SMILES string of the molecule is C/C=C\C(=C/[C@@H](CC)N=C=O)N=C=O. The first-order chi connectivity index (χ1) is 6.78. The second-order valence-electron chi connectivity index (χ2n) is 2.49. The number of aliphatic imine (C=N–C) groups is 2. The lowest BCUT2D eigenvalue weighted by atomic mass is 10.2. The highest BCUT2D eigenvalue weighted by atomic mass is 16.1. The predicted molar refractivity (Wildman–Crippen MR) is 53.2 cm³/mol. The Balaban J connectivity index is 4.84. The number of rotatable bonds is 5. The largest absolute Gasteiger partial charge is 0.240 e. The van der Waals surface area contributed by atoms with Crippen molar-refractivity contribution < 1.29 is 9.59 Å². The highest BCUT2D eigenvalue weighted by Crippen LogP contribution is 2.06. The molecule has 0 aliphatic rings. The number of carbonyl (C=O) groups excluding carboxylic acids is 2. The Hall–Kier alpha value is -1.76. The molecule has 1 atom stereocenters. The summed E-state index contributed by atoms with van der Waals surface area (Å²) in [7, 11) is 0. The lowest BCUT2D eigenvalue weighted by molar-refractivity contribution is 0.559. The zero-order valence-electron chi connectivity index (χ0n) is 8.23. The highest BCUT2D eigenvalue weighted by Gasteiger charge is 2.00. The zero-order chi connectivity index (χ0) is 10.8. The molecule has 0 fully saturated rings. The molecule has 0 aromatic carbocycles. The molecule has 0 bridgehead atoms. The van der Waals surface area contributed by atoms with Crippen molar-refractivity contribution in [1.29, 1.82) is 0 Å². The first-order valence-corrected chi connectivity index (χ1v) is 4.27. The van der Waals surface area contributed by atoms with Crippen LogP contribution in [0, 0.1) is 0 Å². The third-order valence-corrected chi connectivity index (χ3v) is 1.51. The van der Waals surface area contributed by atoms with Crippen LogP contribution in [-0.2, 0) is 9.59 Å². The van der Waals surface area contributed by atoms with Crippen molar-refractivity contribution in [2.24, 2.45) is 9.98 Å². The smallest absolute Gasteiger partial charge is 0.211 e. The maximum Gasteiger partial charge on any atom is 0.240 e. The summed E-state index contributed by atoms with van der Waals surface area (Å²) in [4.78, 5) is 27.1. The summed E-state index contributed by atoms with van der Waals surface area (Å²) >= 11 is 0. The van der Waals surface area contributed by atoms with Crippen LogP contribution in [0.3, 0.4) is 0 Å². The number of isocyanates is 2. The van der Waals surface area contributed by atoms with E-state index in [0.717, 1.165) is 0 Å². The highest BCUT2D eigenvalue weighted by molar-refractivity contribution is 5.40. The lowest BCUT2D eigenvalue weighted by Gasteiger charge is -2.00. The summed E-state index contributed by atoms with van der Waals surface area (Å²) in [6, 6.07) is -0.282. The van der Waals surface area contributed by atoms with Crippen molar-refractivity contribution in [2.75, 3.05) is 0 Å². The van der Waals surface area contributed by atoms with Gasteiger partial charge in [-0.05, 0) is 25.5 Å². The Bertz CT molecular complexity index is 319. The van der Waals surface area contributed by atoms with E-state index in [2.05, 4.69) is 9.98 Å². The van der Waals surface area contributed by atoms with Crippen molar-refractivity contribution in [2.45, 2.75) is 26.3 Å². The van der Waals surface area contributed by atoms with Crippen LogP contribution in [0.15, 0.2) is 33.9 Å². The van der Waals surface area contributed by atoms with Crippen LogP contribution in [0.2, 0.25) is 0 Å². The second kappa shape index (κ2) is 7.87. The molecule has 4 heteroatoms. The fourth-order valence-electron chi connectivity index (χ4n) is 0.865. The molecular formula is C10H12N2O2. The third-order valence-electron chi connectivity index (χ3n) is 1.51. The lowest BCUT2D eigenvalue weighted by Crippen LogP contribution is -1.97. The molecule has 0 unspecified atom stereocenters. The summed E-state index contributed by atoms with van der Waals surface area (Å²) in [6.07, 6.45) is 8.58. The van der Waals surface area contributed by atoms with Crippen LogP contribution >= 0.6 is 0 Å². The van der Waals surface area contributed by atoms with Gasteiger partial charge in [-0.25, -0.2) is 9.59 Å². The molecule has 14 heavy (non-hydrogen) atoms. The van der Waals surface area contributed by atoms with Crippen LogP contribution < -0.4 is 0 Å². The van der Waals surface area contributed by atoms with Crippen LogP contribution in [0.4, 0.5) is 0 Å². The molecule has 0 spiro atoms. The maximum atomic E-state index is 10.0. The minimum absolute atomic E-state index is 0.282. The van der Waals surface area contributed by atoms with Gasteiger partial charge in [-0.3, -0.25) is 0 Å². The van der Waals surface area contributed by atoms with Crippen molar-refractivity contribution in [1.82, 2.24) is 0 Å². The molecule has 0 aliphatic carbocycles. The molecule has 0 N–H and O–H groups in total. The van der Waals surface area contributed by atoms with Gasteiger partial charge in [0.05, 0.1) is 11.7 Å². The van der Waals surface area contributed by atoms with Crippen molar-refractivity contribution in [3.63, 3.8) is 0 Å². The van der Waals surface area contributed by atoms with Crippen LogP contribution in [0.5, 0.6) is 0 Å². The van der Waals surface area contributed by atoms with Gasteiger partial charge in [0.2, 0.25) is 12.2 Å². The Kier molecular flexibility index (Phi) is 6.88. The van der Waals surface area contributed by atoms with Crippen molar-refractivity contribution >= 4 is 12.2 Å². The number of hydrogen-bond acceptors (Lipinski definition) is 4. The zero-order valence-corrected chi connectivity index (χ0v) is 8.23. The monoisotopic (exact) mass is 192 g/mol. The Labute approximate surface area is 82.8 Å². The van der Waals surface area contributed by atoms with Crippen LogP contribution in [0.1, 0.15) is 20.3 Å². The van der Waals surface area contributed by atoms with E-state index in [1.54, 1.807) is 25.2 Å². The molecule has 0 rings (SSSR count).